The maximum atomic E-state index is 12.8. The van der Waals surface area contributed by atoms with Crippen molar-refractivity contribution in [3.63, 3.8) is 0 Å². The van der Waals surface area contributed by atoms with Crippen molar-refractivity contribution < 1.29 is 86.3 Å². The zero-order valence-corrected chi connectivity index (χ0v) is 77.9. The molecule has 4 heterocycles. The number of methoxy groups -OCH3 is 8. The summed E-state index contributed by atoms with van der Waals surface area (Å²) in [5.41, 5.74) is 31.0. The van der Waals surface area contributed by atoms with Gasteiger partial charge in [0.1, 0.15) is 17.0 Å². The van der Waals surface area contributed by atoms with Crippen LogP contribution in [0.2, 0.25) is 0 Å². The Kier molecular flexibility index (Phi) is 30.7. The van der Waals surface area contributed by atoms with E-state index >= 15 is 0 Å². The van der Waals surface area contributed by atoms with E-state index in [0.717, 1.165) is 166 Å². The maximum absolute atomic E-state index is 12.8. The van der Waals surface area contributed by atoms with E-state index in [9.17, 15) is 39.6 Å². The highest BCUT2D eigenvalue weighted by molar-refractivity contribution is 7.09. The number of ether oxygens (including phenoxy) is 8. The molecule has 28 heteroatoms. The predicted octanol–water partition coefficient (Wildman–Crippen LogP) is 19.9. The third-order valence-electron chi connectivity index (χ3n) is 22.9. The van der Waals surface area contributed by atoms with E-state index in [2.05, 4.69) is 121 Å². The van der Waals surface area contributed by atoms with Crippen LogP contribution < -0.4 is 59.2 Å². The molecule has 4 amide bonds. The van der Waals surface area contributed by atoms with Gasteiger partial charge in [-0.1, -0.05) is 95.1 Å². The SMILES string of the molecule is COc1cc(/C=C2/C(C)=C(CC(=O)NCc3cnco3)c3cc(C)ccc32)cc(OC)c1O.COc1cc(/C=C2/C(C)=C(CC(=O)NCc3cncs3)c3cc(C)ccc32)cc(OC)c1O.COc1cc(/C=C2/C(C)=C(CC(=O)NCc3cocn3)c3cc(C)ccc32)cc(OC)c1O.COc1cc(/C=C2/C(C)=C(CC(=O)NCc3nccs3)c3cc(C)ccc32)cc(OC)c1O. The molecular formula is C104H104N8O18S2. The molecule has 680 valence electrons. The quantitative estimate of drug-likeness (QED) is 0.0226. The molecular weight excluding hydrogens is 1710 g/mol. The number of carbonyl (C=O) groups is 4. The number of aromatic nitrogens is 4. The van der Waals surface area contributed by atoms with E-state index in [1.54, 1.807) is 72.6 Å². The lowest BCUT2D eigenvalue weighted by Crippen LogP contribution is -2.22. The Morgan fingerprint density at radius 2 is 0.682 bits per heavy atom. The molecule has 0 unspecified atom stereocenters. The van der Waals surface area contributed by atoms with Crippen LogP contribution in [0.4, 0.5) is 0 Å². The monoisotopic (exact) mass is 1820 g/mol. The van der Waals surface area contributed by atoms with Gasteiger partial charge in [0.25, 0.3) is 0 Å². The molecule has 0 atom stereocenters. The van der Waals surface area contributed by atoms with Gasteiger partial charge in [-0.05, 0) is 262 Å². The molecule has 16 rings (SSSR count). The van der Waals surface area contributed by atoms with Gasteiger partial charge in [0, 0.05) is 22.7 Å². The van der Waals surface area contributed by atoms with Crippen molar-refractivity contribution in [1.29, 1.82) is 0 Å². The van der Waals surface area contributed by atoms with Crippen LogP contribution in [0.15, 0.2) is 201 Å². The number of amides is 4. The summed E-state index contributed by atoms with van der Waals surface area (Å²) < 4.78 is 52.6. The van der Waals surface area contributed by atoms with Crippen LogP contribution in [0, 0.1) is 27.7 Å². The normalized spacial score (nSPS) is 13.9. The molecule has 8 N–H and O–H groups in total. The molecule has 0 saturated carbocycles. The Morgan fingerprint density at radius 3 is 0.955 bits per heavy atom. The molecule has 4 aromatic heterocycles. The number of nitrogens with zero attached hydrogens (tertiary/aromatic N) is 4. The van der Waals surface area contributed by atoms with E-state index in [4.69, 9.17) is 46.7 Å². The van der Waals surface area contributed by atoms with E-state index in [1.165, 1.54) is 98.6 Å². The molecule has 26 nitrogen and oxygen atoms in total. The number of allylic oxidation sites excluding steroid dienone is 8. The lowest BCUT2D eigenvalue weighted by Gasteiger charge is -2.11. The third-order valence-corrected chi connectivity index (χ3v) is 24.5. The first-order chi connectivity index (χ1) is 63.6. The largest absolute Gasteiger partial charge is 0.502 e. The molecule has 132 heavy (non-hydrogen) atoms. The molecule has 0 fully saturated rings. The minimum atomic E-state index is -0.0950. The fourth-order valence-electron chi connectivity index (χ4n) is 16.1. The number of oxazole rings is 2. The number of carbonyl (C=O) groups excluding carboxylic acids is 4. The van der Waals surface area contributed by atoms with E-state index in [1.807, 2.05) is 78.2 Å². The second-order valence-corrected chi connectivity index (χ2v) is 33.5. The summed E-state index contributed by atoms with van der Waals surface area (Å²) in [5, 5.41) is 55.5. The van der Waals surface area contributed by atoms with Crippen LogP contribution in [0.5, 0.6) is 69.0 Å². The number of nitrogens with one attached hydrogen (secondary N) is 4. The van der Waals surface area contributed by atoms with Crippen LogP contribution in [-0.2, 0) is 45.4 Å². The summed E-state index contributed by atoms with van der Waals surface area (Å²) in [6.07, 6.45) is 18.5. The smallest absolute Gasteiger partial charge is 0.224 e. The van der Waals surface area contributed by atoms with Gasteiger partial charge in [-0.3, -0.25) is 24.2 Å². The lowest BCUT2D eigenvalue weighted by molar-refractivity contribution is -0.121. The first kappa shape index (κ1) is 94.5. The molecule has 12 aromatic rings. The van der Waals surface area contributed by atoms with Crippen molar-refractivity contribution >= 4 is 115 Å². The Hall–Kier alpha value is -15.2. The number of aryl methyl sites for hydroxylation is 4. The zero-order valence-electron chi connectivity index (χ0n) is 76.2. The summed E-state index contributed by atoms with van der Waals surface area (Å²) in [5.74, 6) is 2.89. The first-order valence-electron chi connectivity index (χ1n) is 42.1. The fourth-order valence-corrected chi connectivity index (χ4v) is 17.2. The maximum Gasteiger partial charge on any atom is 0.224 e. The standard InChI is InChI=1S/2C26H26N2O5.2C26H26N2O4S/c1-15-5-6-19-20(8-17-9-23(31-3)26(30)24(10-17)32-4)16(2)21(22(19)7-15)11-25(29)27-12-18-13-33-14-28-18;2*1-15-5-6-19-20(8-17-9-23(31-3)26(30)24(10-17)32-4)16(2)21(22(19)7-15)11-25(29)28-13-18-12-27-14-33-18;1-15-5-6-18-19(10-17-11-22(31-3)26(30)23(12-17)32-4)16(2)20(21(18)9-15)13-24(29)28-14-25-27-7-8-33-25/h5-10,13-14,30H,11-12H2,1-4H3,(H,27,29);2*5-10,12,14,30H,11,13H2,1-4H3,(H,28,29);5-12,30H,13-14H2,1-4H3,(H,28,29)/b3*20-8-;19-10-. The highest BCUT2D eigenvalue weighted by Gasteiger charge is 2.32. The first-order valence-corrected chi connectivity index (χ1v) is 43.9. The van der Waals surface area contributed by atoms with Crippen molar-refractivity contribution in [1.82, 2.24) is 41.2 Å². The number of fused-ring (bicyclic) bond motifs is 4. The molecule has 0 radical (unpaired) electrons. The molecule has 4 aliphatic carbocycles. The van der Waals surface area contributed by atoms with Crippen molar-refractivity contribution in [3.8, 4) is 69.0 Å². The summed E-state index contributed by atoms with van der Waals surface area (Å²) in [4.78, 5) is 68.1. The number of hydrogen-bond acceptors (Lipinski definition) is 24. The fraction of sp³-hybridized carbons (Fsp3) is 0.231. The molecule has 8 aromatic carbocycles. The topological polar surface area (TPSA) is 349 Å². The second kappa shape index (κ2) is 42.8. The Bertz CT molecular complexity index is 5720. The van der Waals surface area contributed by atoms with Crippen LogP contribution in [0.1, 0.15) is 164 Å². The number of phenols is 4. The van der Waals surface area contributed by atoms with Crippen LogP contribution in [0.25, 0.3) is 68.9 Å². The van der Waals surface area contributed by atoms with E-state index in [-0.39, 0.29) is 65.9 Å². The Balaban J connectivity index is 0.000000150. The van der Waals surface area contributed by atoms with Gasteiger partial charge in [0.2, 0.25) is 46.6 Å². The number of rotatable bonds is 28. The number of hydrogen-bond donors (Lipinski definition) is 8. The van der Waals surface area contributed by atoms with Gasteiger partial charge in [-0.2, -0.15) is 0 Å². The molecule has 0 bridgehead atoms. The van der Waals surface area contributed by atoms with E-state index in [0.29, 0.717) is 90.1 Å². The summed E-state index contributed by atoms with van der Waals surface area (Å²) in [7, 11) is 12.0. The molecule has 4 aliphatic rings. The summed E-state index contributed by atoms with van der Waals surface area (Å²) in [6, 6.07) is 39.2. The van der Waals surface area contributed by atoms with Crippen molar-refractivity contribution in [3.05, 3.63) is 303 Å². The number of thiazole rings is 2. The lowest BCUT2D eigenvalue weighted by atomic mass is 9.98. The highest BCUT2D eigenvalue weighted by atomic mass is 32.1. The summed E-state index contributed by atoms with van der Waals surface area (Å²) in [6.45, 7) is 17.8. The Labute approximate surface area is 773 Å². The van der Waals surface area contributed by atoms with Crippen LogP contribution >= 0.6 is 22.7 Å². The molecule has 0 aliphatic heterocycles. The van der Waals surface area contributed by atoms with Crippen molar-refractivity contribution in [2.45, 2.75) is 107 Å². The molecule has 0 saturated heterocycles. The minimum Gasteiger partial charge on any atom is -0.502 e. The summed E-state index contributed by atoms with van der Waals surface area (Å²) >= 11 is 3.04. The van der Waals surface area contributed by atoms with Gasteiger partial charge in [-0.25, -0.2) is 15.0 Å². The predicted molar refractivity (Wildman–Crippen MR) is 515 cm³/mol. The minimum absolute atomic E-state index is 0.0283. The number of aromatic hydroxyl groups is 4. The van der Waals surface area contributed by atoms with Gasteiger partial charge < -0.3 is 88.4 Å². The van der Waals surface area contributed by atoms with Gasteiger partial charge in [-0.15, -0.1) is 22.7 Å². The third kappa shape index (κ3) is 21.9. The van der Waals surface area contributed by atoms with Gasteiger partial charge >= 0.3 is 0 Å². The molecule has 0 spiro atoms. The Morgan fingerprint density at radius 1 is 0.364 bits per heavy atom. The number of phenolic OH excluding ortho intramolecular Hbond substituents is 4. The van der Waals surface area contributed by atoms with Gasteiger partial charge in [0.05, 0.1) is 126 Å². The second-order valence-electron chi connectivity index (χ2n) is 31.6. The zero-order chi connectivity index (χ0) is 94.1. The van der Waals surface area contributed by atoms with Crippen molar-refractivity contribution in [2.24, 2.45) is 0 Å². The highest BCUT2D eigenvalue weighted by Crippen LogP contribution is 2.51. The van der Waals surface area contributed by atoms with Crippen molar-refractivity contribution in [2.75, 3.05) is 56.9 Å². The van der Waals surface area contributed by atoms with E-state index < -0.39 is 0 Å². The van der Waals surface area contributed by atoms with Crippen LogP contribution in [-0.4, -0.2) is 121 Å². The number of benzene rings is 8. The van der Waals surface area contributed by atoms with Gasteiger partial charge in [0.15, 0.2) is 58.8 Å². The van der Waals surface area contributed by atoms with Crippen LogP contribution in [0.3, 0.4) is 0 Å². The average molecular weight is 1820 g/mol. The average Bonchev–Trinajstić information content (AvgIpc) is 1.63.